The Labute approximate surface area is 189 Å². The number of imidazole rings is 1. The average Bonchev–Trinajstić information content (AvgIpc) is 3.25. The van der Waals surface area contributed by atoms with Gasteiger partial charge in [0.1, 0.15) is 19.0 Å². The van der Waals surface area contributed by atoms with Crippen LogP contribution in [0.1, 0.15) is 46.8 Å². The molecule has 2 aromatic heterocycles. The molecule has 0 unspecified atom stereocenters. The van der Waals surface area contributed by atoms with Gasteiger partial charge in [0.15, 0.2) is 29.6 Å². The minimum Gasteiger partial charge on any atom is -0.492 e. The zero-order valence-corrected chi connectivity index (χ0v) is 18.8. The van der Waals surface area contributed by atoms with Crippen LogP contribution in [0.2, 0.25) is 0 Å². The van der Waals surface area contributed by atoms with Crippen LogP contribution in [-0.2, 0) is 33.3 Å². The van der Waals surface area contributed by atoms with Gasteiger partial charge in [0.25, 0.3) is 0 Å². The van der Waals surface area contributed by atoms with Gasteiger partial charge in [-0.3, -0.25) is 19.0 Å². The highest BCUT2D eigenvalue weighted by molar-refractivity contribution is 5.79. The molecule has 1 fully saturated rings. The van der Waals surface area contributed by atoms with Crippen molar-refractivity contribution in [2.45, 2.75) is 65.1 Å². The fourth-order valence-electron chi connectivity index (χ4n) is 3.54. The lowest BCUT2D eigenvalue weighted by Gasteiger charge is -2.24. The standard InChI is InChI=1S/C20H27N5O8/c1-5-6-7-21-20-24-14-17(22-9-23-18(14)29)25(20)19-16(32-12(4)28)15(31-11(3)27)13(33-19)8-30-10(2)26/h9,13,15-16,19H,5-8H2,1-4H3,(H,21,24)(H,22,23,29)/t13-,15-,16-,19-/m1/s1. The number of nitrogens with zero attached hydrogens (tertiary/aromatic N) is 4. The Morgan fingerprint density at radius 1 is 1.12 bits per heavy atom. The lowest BCUT2D eigenvalue weighted by molar-refractivity contribution is -0.166. The summed E-state index contributed by atoms with van der Waals surface area (Å²) < 4.78 is 23.6. The Morgan fingerprint density at radius 3 is 2.45 bits per heavy atom. The lowest BCUT2D eigenvalue weighted by Crippen LogP contribution is -2.40. The van der Waals surface area contributed by atoms with Gasteiger partial charge >= 0.3 is 17.9 Å². The van der Waals surface area contributed by atoms with Crippen LogP contribution in [0, 0.1) is 0 Å². The zero-order chi connectivity index (χ0) is 24.1. The summed E-state index contributed by atoms with van der Waals surface area (Å²) >= 11 is 0. The molecule has 13 heteroatoms. The van der Waals surface area contributed by atoms with Crippen LogP contribution in [0.15, 0.2) is 6.33 Å². The van der Waals surface area contributed by atoms with E-state index in [1.165, 1.54) is 25.3 Å². The molecule has 0 spiro atoms. The van der Waals surface area contributed by atoms with Gasteiger partial charge in [0, 0.05) is 27.3 Å². The Hall–Kier alpha value is -3.48. The van der Waals surface area contributed by atoms with Crippen LogP contribution >= 0.6 is 0 Å². The third-order valence-electron chi connectivity index (χ3n) is 4.87. The average molecular weight is 465 g/mol. The molecule has 0 amide bonds. The molecule has 0 bridgehead atoms. The van der Waals surface area contributed by atoms with Crippen LogP contribution < -0.4 is 5.32 Å². The van der Waals surface area contributed by atoms with E-state index >= 15 is 0 Å². The summed E-state index contributed by atoms with van der Waals surface area (Å²) in [5.74, 6) is -1.88. The largest absolute Gasteiger partial charge is 0.492 e. The number of aromatic nitrogens is 4. The Balaban J connectivity index is 2.09. The molecule has 0 saturated carbocycles. The first-order chi connectivity index (χ1) is 15.7. The van der Waals surface area contributed by atoms with Gasteiger partial charge in [0.2, 0.25) is 11.8 Å². The van der Waals surface area contributed by atoms with E-state index in [1.54, 1.807) is 0 Å². The maximum absolute atomic E-state index is 11.9. The van der Waals surface area contributed by atoms with Gasteiger partial charge in [-0.2, -0.15) is 4.98 Å². The minimum absolute atomic E-state index is 0.106. The summed E-state index contributed by atoms with van der Waals surface area (Å²) in [6.45, 7) is 5.99. The van der Waals surface area contributed by atoms with E-state index in [4.69, 9.17) is 18.9 Å². The Morgan fingerprint density at radius 2 is 1.82 bits per heavy atom. The van der Waals surface area contributed by atoms with Crippen molar-refractivity contribution in [1.82, 2.24) is 19.5 Å². The maximum Gasteiger partial charge on any atom is 0.303 e. The molecule has 2 N–H and O–H groups in total. The lowest BCUT2D eigenvalue weighted by atomic mass is 10.1. The second-order valence-electron chi connectivity index (χ2n) is 7.47. The normalized spacial score (nSPS) is 22.2. The van der Waals surface area contributed by atoms with E-state index in [9.17, 15) is 19.5 Å². The molecule has 33 heavy (non-hydrogen) atoms. The van der Waals surface area contributed by atoms with Crippen LogP contribution in [0.5, 0.6) is 5.88 Å². The molecular weight excluding hydrogens is 438 g/mol. The maximum atomic E-state index is 11.9. The third-order valence-corrected chi connectivity index (χ3v) is 4.87. The third kappa shape index (κ3) is 5.48. The van der Waals surface area contributed by atoms with E-state index in [0.29, 0.717) is 6.54 Å². The summed E-state index contributed by atoms with van der Waals surface area (Å²) in [6.07, 6.45) is -1.29. The fourth-order valence-corrected chi connectivity index (χ4v) is 3.54. The fraction of sp³-hybridized carbons (Fsp3) is 0.600. The van der Waals surface area contributed by atoms with E-state index in [1.807, 2.05) is 6.92 Å². The molecular formula is C20H27N5O8. The van der Waals surface area contributed by atoms with Crippen LogP contribution in [0.4, 0.5) is 5.95 Å². The number of carbonyl (C=O) groups excluding carboxylic acids is 3. The van der Waals surface area contributed by atoms with Crippen molar-refractivity contribution >= 4 is 35.0 Å². The molecule has 0 aliphatic carbocycles. The van der Waals surface area contributed by atoms with Crippen molar-refractivity contribution in [3.8, 4) is 5.88 Å². The quantitative estimate of drug-likeness (QED) is 0.308. The number of aromatic hydroxyl groups is 1. The molecule has 1 aliphatic heterocycles. The number of ether oxygens (including phenoxy) is 4. The van der Waals surface area contributed by atoms with Crippen molar-refractivity contribution in [2.75, 3.05) is 18.5 Å². The SMILES string of the molecule is CCCCNc1nc2c(O)ncnc2n1[C@@H]1O[C@H](COC(C)=O)[C@@H](OC(C)=O)[C@H]1OC(C)=O. The van der Waals surface area contributed by atoms with Gasteiger partial charge in [-0.25, -0.2) is 9.97 Å². The highest BCUT2D eigenvalue weighted by Crippen LogP contribution is 2.38. The first kappa shape index (κ1) is 24.2. The monoisotopic (exact) mass is 465 g/mol. The zero-order valence-electron chi connectivity index (χ0n) is 18.8. The number of carbonyl (C=O) groups is 3. The van der Waals surface area contributed by atoms with Crippen molar-refractivity contribution in [1.29, 1.82) is 0 Å². The first-order valence-corrected chi connectivity index (χ1v) is 10.5. The minimum atomic E-state index is -1.12. The number of anilines is 1. The summed E-state index contributed by atoms with van der Waals surface area (Å²) in [5, 5.41) is 13.4. The van der Waals surface area contributed by atoms with Gasteiger partial charge in [-0.05, 0) is 6.42 Å². The molecule has 3 rings (SSSR count). The topological polar surface area (TPSA) is 164 Å². The first-order valence-electron chi connectivity index (χ1n) is 10.5. The summed E-state index contributed by atoms with van der Waals surface area (Å²) in [6, 6.07) is 0. The number of hydrogen-bond donors (Lipinski definition) is 2. The molecule has 1 aliphatic rings. The van der Waals surface area contributed by atoms with Crippen molar-refractivity contribution < 1.29 is 38.4 Å². The van der Waals surface area contributed by atoms with Crippen LogP contribution in [-0.4, -0.2) is 74.0 Å². The predicted molar refractivity (Wildman–Crippen MR) is 112 cm³/mol. The van der Waals surface area contributed by atoms with Gasteiger partial charge in [0.05, 0.1) is 0 Å². The van der Waals surface area contributed by atoms with Crippen molar-refractivity contribution in [2.24, 2.45) is 0 Å². The molecule has 180 valence electrons. The molecule has 13 nitrogen and oxygen atoms in total. The van der Waals surface area contributed by atoms with Gasteiger partial charge < -0.3 is 29.4 Å². The molecule has 4 atom stereocenters. The number of esters is 3. The van der Waals surface area contributed by atoms with Gasteiger partial charge in [-0.15, -0.1) is 0 Å². The van der Waals surface area contributed by atoms with Gasteiger partial charge in [-0.1, -0.05) is 13.3 Å². The van der Waals surface area contributed by atoms with E-state index in [2.05, 4.69) is 20.3 Å². The van der Waals surface area contributed by atoms with E-state index in [0.717, 1.165) is 19.2 Å². The Bertz CT molecular complexity index is 1030. The summed E-state index contributed by atoms with van der Waals surface area (Å²) in [5.41, 5.74) is 0.313. The summed E-state index contributed by atoms with van der Waals surface area (Å²) in [7, 11) is 0. The predicted octanol–water partition coefficient (Wildman–Crippen LogP) is 1.07. The molecule has 1 saturated heterocycles. The van der Waals surface area contributed by atoms with Crippen LogP contribution in [0.3, 0.4) is 0 Å². The molecule has 0 radical (unpaired) electrons. The van der Waals surface area contributed by atoms with E-state index in [-0.39, 0.29) is 29.6 Å². The molecule has 0 aromatic carbocycles. The highest BCUT2D eigenvalue weighted by Gasteiger charge is 2.51. The van der Waals surface area contributed by atoms with Crippen molar-refractivity contribution in [3.63, 3.8) is 0 Å². The van der Waals surface area contributed by atoms with Crippen LogP contribution in [0.25, 0.3) is 11.2 Å². The smallest absolute Gasteiger partial charge is 0.303 e. The van der Waals surface area contributed by atoms with E-state index < -0.39 is 42.4 Å². The second-order valence-corrected chi connectivity index (χ2v) is 7.47. The molecule has 2 aromatic rings. The molecule has 3 heterocycles. The second kappa shape index (κ2) is 10.4. The number of fused-ring (bicyclic) bond motifs is 1. The highest BCUT2D eigenvalue weighted by atomic mass is 16.7. The Kier molecular flexibility index (Phi) is 7.63. The number of unbranched alkanes of at least 4 members (excludes halogenated alkanes) is 1. The summed E-state index contributed by atoms with van der Waals surface area (Å²) in [4.78, 5) is 47.4. The number of nitrogens with one attached hydrogen (secondary N) is 1. The number of hydrogen-bond acceptors (Lipinski definition) is 12. The number of rotatable bonds is 9. The van der Waals surface area contributed by atoms with Crippen molar-refractivity contribution in [3.05, 3.63) is 6.33 Å².